The van der Waals surface area contributed by atoms with Crippen molar-refractivity contribution < 1.29 is 9.66 Å². The van der Waals surface area contributed by atoms with Gasteiger partial charge >= 0.3 is 0 Å². The van der Waals surface area contributed by atoms with Gasteiger partial charge in [-0.3, -0.25) is 10.1 Å². The number of ether oxygens (including phenoxy) is 1. The van der Waals surface area contributed by atoms with Crippen molar-refractivity contribution in [3.63, 3.8) is 0 Å². The van der Waals surface area contributed by atoms with Crippen LogP contribution in [0, 0.1) is 10.1 Å². The van der Waals surface area contributed by atoms with E-state index in [0.29, 0.717) is 5.56 Å². The van der Waals surface area contributed by atoms with Gasteiger partial charge in [-0.05, 0) is 11.6 Å². The molecule has 0 saturated heterocycles. The predicted octanol–water partition coefficient (Wildman–Crippen LogP) is 3.32. The summed E-state index contributed by atoms with van der Waals surface area (Å²) >= 11 is 0. The van der Waals surface area contributed by atoms with E-state index in [9.17, 15) is 10.1 Å². The van der Waals surface area contributed by atoms with E-state index in [2.05, 4.69) is 16.8 Å². The van der Waals surface area contributed by atoms with Gasteiger partial charge in [-0.2, -0.15) is 0 Å². The lowest BCUT2D eigenvalue weighted by molar-refractivity contribution is -0.386. The molecule has 3 radical (unpaired) electrons. The summed E-state index contributed by atoms with van der Waals surface area (Å²) in [7, 11) is 3.56. The Hall–Kier alpha value is -2.24. The first-order chi connectivity index (χ1) is 10.1. The third kappa shape index (κ3) is 3.45. The third-order valence-corrected chi connectivity index (χ3v) is 3.77. The topological polar surface area (TPSA) is 52.4 Å². The minimum Gasteiger partial charge on any atom is -0.366 e. The van der Waals surface area contributed by atoms with Crippen LogP contribution in [0.2, 0.25) is 0 Å². The summed E-state index contributed by atoms with van der Waals surface area (Å²) in [5, 5.41) is 10.1. The van der Waals surface area contributed by atoms with E-state index in [1.54, 1.807) is 24.3 Å². The fourth-order valence-electron chi connectivity index (χ4n) is 1.95. The average molecular weight is 296 g/mol. The quantitative estimate of drug-likeness (QED) is 0.355. The lowest BCUT2D eigenvalue weighted by Crippen LogP contribution is -2.27. The minimum absolute atomic E-state index is 0.0450. The van der Waals surface area contributed by atoms with Crippen LogP contribution in [-0.4, -0.2) is 15.2 Å². The van der Waals surface area contributed by atoms with Crippen molar-refractivity contribution in [3.8, 4) is 0 Å². The summed E-state index contributed by atoms with van der Waals surface area (Å²) in [4.78, 5) is 10.6. The molecule has 0 N–H and O–H groups in total. The smallest absolute Gasteiger partial charge is 0.274 e. The van der Waals surface area contributed by atoms with Gasteiger partial charge in [0.25, 0.3) is 5.69 Å². The van der Waals surface area contributed by atoms with Crippen LogP contribution in [0.3, 0.4) is 0 Å². The van der Waals surface area contributed by atoms with Crippen LogP contribution in [-0.2, 0) is 16.6 Å². The number of nitro groups is 1. The lowest BCUT2D eigenvalue weighted by Gasteiger charge is -2.27. The summed E-state index contributed by atoms with van der Waals surface area (Å²) in [5.41, 5.74) is 1.43. The standard InChI is InChI=1S/C16H14NO3Si/c1-2-16(21,14-9-4-3-5-10-14)20-12-13-8-6-7-11-15(13)17(18)19/h2-11H,1,12H2. The summed E-state index contributed by atoms with van der Waals surface area (Å²) in [6.07, 6.45) is 1.62. The van der Waals surface area contributed by atoms with Gasteiger partial charge < -0.3 is 4.74 Å². The van der Waals surface area contributed by atoms with Gasteiger partial charge in [0.1, 0.15) is 0 Å². The predicted molar refractivity (Wildman–Crippen MR) is 82.0 cm³/mol. The van der Waals surface area contributed by atoms with E-state index in [0.717, 1.165) is 5.56 Å². The molecule has 0 aliphatic heterocycles. The second kappa shape index (κ2) is 6.47. The molecule has 1 unspecified atom stereocenters. The molecular weight excluding hydrogens is 282 g/mol. The summed E-state index contributed by atoms with van der Waals surface area (Å²) in [6.45, 7) is 3.87. The SMILES string of the molecule is C=CC([Si])(OCc1ccccc1[N+](=O)[O-])c1ccccc1. The zero-order valence-corrected chi connectivity index (χ0v) is 12.4. The van der Waals surface area contributed by atoms with Gasteiger partial charge in [0.05, 0.1) is 32.6 Å². The molecule has 4 nitrogen and oxygen atoms in total. The lowest BCUT2D eigenvalue weighted by atomic mass is 10.1. The molecule has 2 aromatic rings. The van der Waals surface area contributed by atoms with Crippen LogP contribution in [0.1, 0.15) is 11.1 Å². The Bertz CT molecular complexity index is 645. The van der Waals surface area contributed by atoms with Crippen molar-refractivity contribution in [2.75, 3.05) is 0 Å². The molecule has 0 saturated carbocycles. The molecule has 0 bridgehead atoms. The molecule has 0 fully saturated rings. The van der Waals surface area contributed by atoms with Crippen LogP contribution in [0.15, 0.2) is 67.3 Å². The summed E-state index contributed by atoms with van der Waals surface area (Å²) < 4.78 is 5.83. The van der Waals surface area contributed by atoms with E-state index in [-0.39, 0.29) is 12.3 Å². The Morgan fingerprint density at radius 1 is 1.19 bits per heavy atom. The maximum Gasteiger partial charge on any atom is 0.274 e. The van der Waals surface area contributed by atoms with Gasteiger partial charge in [-0.1, -0.05) is 48.5 Å². The molecule has 0 amide bonds. The molecule has 2 rings (SSSR count). The second-order valence-electron chi connectivity index (χ2n) is 4.48. The third-order valence-electron chi connectivity index (χ3n) is 3.13. The molecule has 0 aliphatic carbocycles. The normalized spacial score (nSPS) is 13.4. The van der Waals surface area contributed by atoms with E-state index < -0.39 is 10.1 Å². The Morgan fingerprint density at radius 3 is 2.43 bits per heavy atom. The molecule has 2 aromatic carbocycles. The first-order valence-electron chi connectivity index (χ1n) is 6.37. The first-order valence-corrected chi connectivity index (χ1v) is 6.87. The van der Waals surface area contributed by atoms with Gasteiger partial charge in [-0.25, -0.2) is 0 Å². The zero-order valence-electron chi connectivity index (χ0n) is 11.4. The first kappa shape index (κ1) is 15.2. The van der Waals surface area contributed by atoms with Gasteiger partial charge in [0.2, 0.25) is 0 Å². The van der Waals surface area contributed by atoms with E-state index in [4.69, 9.17) is 4.74 Å². The Balaban J connectivity index is 2.22. The van der Waals surface area contributed by atoms with E-state index in [1.165, 1.54) is 6.07 Å². The van der Waals surface area contributed by atoms with E-state index >= 15 is 0 Å². The van der Waals surface area contributed by atoms with Crippen LogP contribution in [0.4, 0.5) is 5.69 Å². The maximum atomic E-state index is 11.0. The van der Waals surface area contributed by atoms with Crippen LogP contribution in [0.5, 0.6) is 0 Å². The molecule has 5 heteroatoms. The van der Waals surface area contributed by atoms with Crippen LogP contribution in [0.25, 0.3) is 0 Å². The van der Waals surface area contributed by atoms with Crippen LogP contribution < -0.4 is 0 Å². The summed E-state index contributed by atoms with van der Waals surface area (Å²) in [6, 6.07) is 16.0. The maximum absolute atomic E-state index is 11.0. The Labute approximate surface area is 126 Å². The highest BCUT2D eigenvalue weighted by molar-refractivity contribution is 6.16. The van der Waals surface area contributed by atoms with Crippen molar-refractivity contribution in [1.29, 1.82) is 0 Å². The van der Waals surface area contributed by atoms with Gasteiger partial charge in [0.15, 0.2) is 0 Å². The zero-order chi connectivity index (χ0) is 15.3. The molecular formula is C16H14NO3Si. The number of rotatable bonds is 6. The highest BCUT2D eigenvalue weighted by Gasteiger charge is 2.25. The second-order valence-corrected chi connectivity index (χ2v) is 5.22. The monoisotopic (exact) mass is 296 g/mol. The Morgan fingerprint density at radius 2 is 1.81 bits per heavy atom. The number of nitro benzene ring substituents is 1. The largest absolute Gasteiger partial charge is 0.366 e. The fourth-order valence-corrected chi connectivity index (χ4v) is 2.19. The van der Waals surface area contributed by atoms with Gasteiger partial charge in [0, 0.05) is 6.07 Å². The van der Waals surface area contributed by atoms with Crippen molar-refractivity contribution in [1.82, 2.24) is 0 Å². The fraction of sp³-hybridized carbons (Fsp3) is 0.125. The van der Waals surface area contributed by atoms with Crippen molar-refractivity contribution in [2.45, 2.75) is 11.8 Å². The molecule has 1 atom stereocenters. The molecule has 0 spiro atoms. The van der Waals surface area contributed by atoms with Crippen LogP contribution >= 0.6 is 0 Å². The molecule has 105 valence electrons. The van der Waals surface area contributed by atoms with Crippen molar-refractivity contribution >= 4 is 15.9 Å². The number of para-hydroxylation sites is 1. The Kier molecular flexibility index (Phi) is 4.67. The van der Waals surface area contributed by atoms with Crippen molar-refractivity contribution in [3.05, 3.63) is 88.5 Å². The van der Waals surface area contributed by atoms with Gasteiger partial charge in [-0.15, -0.1) is 6.58 Å². The highest BCUT2D eigenvalue weighted by Crippen LogP contribution is 2.27. The number of hydrogen-bond acceptors (Lipinski definition) is 3. The number of nitrogens with zero attached hydrogens (tertiary/aromatic N) is 1. The molecule has 21 heavy (non-hydrogen) atoms. The van der Waals surface area contributed by atoms with Crippen molar-refractivity contribution in [2.24, 2.45) is 0 Å². The molecule has 0 aliphatic rings. The molecule has 0 aromatic heterocycles. The highest BCUT2D eigenvalue weighted by atomic mass is 28.1. The van der Waals surface area contributed by atoms with E-state index in [1.807, 2.05) is 30.3 Å². The molecule has 0 heterocycles. The minimum atomic E-state index is -0.884. The number of hydrogen-bond donors (Lipinski definition) is 0. The average Bonchev–Trinajstić information content (AvgIpc) is 2.53. The summed E-state index contributed by atoms with van der Waals surface area (Å²) in [5.74, 6) is 0. The number of benzene rings is 2.